The maximum Gasteiger partial charge on any atom is 0.226 e. The van der Waals surface area contributed by atoms with E-state index in [9.17, 15) is 35.1 Å². The number of aliphatic hydroxyl groups is 4. The van der Waals surface area contributed by atoms with E-state index >= 15 is 0 Å². The van der Waals surface area contributed by atoms with Crippen molar-refractivity contribution >= 4 is 17.8 Å². The Hall–Kier alpha value is -3.12. The summed E-state index contributed by atoms with van der Waals surface area (Å²) in [5, 5.41) is 54.9. The summed E-state index contributed by atoms with van der Waals surface area (Å²) in [6, 6.07) is 9.47. The average molecular weight is 669 g/mol. The second kappa shape index (κ2) is 16.1. The molecule has 0 spiro atoms. The predicted molar refractivity (Wildman–Crippen MR) is 187 cm³/mol. The van der Waals surface area contributed by atoms with Gasteiger partial charge in [-0.15, -0.1) is 0 Å². The first-order valence-corrected chi connectivity index (χ1v) is 16.7. The quantitative estimate of drug-likeness (QED) is 0.177. The third kappa shape index (κ3) is 9.52. The van der Waals surface area contributed by atoms with Crippen LogP contribution in [0, 0.1) is 17.8 Å². The molecule has 2 aromatic carbocycles. The van der Waals surface area contributed by atoms with E-state index in [4.69, 9.17) is 4.74 Å². The van der Waals surface area contributed by atoms with Gasteiger partial charge in [-0.3, -0.25) is 9.59 Å². The van der Waals surface area contributed by atoms with Crippen LogP contribution < -0.4 is 5.32 Å². The monoisotopic (exact) mass is 668 g/mol. The number of allylic oxidation sites excluding steroid dienone is 1. The van der Waals surface area contributed by atoms with Gasteiger partial charge in [-0.25, -0.2) is 0 Å². The summed E-state index contributed by atoms with van der Waals surface area (Å²) in [5.41, 5.74) is 3.45. The zero-order valence-electron chi connectivity index (χ0n) is 29.9. The maximum absolute atomic E-state index is 13.3. The average Bonchev–Trinajstić information content (AvgIpc) is 3.00. The number of ether oxygens (including phenoxy) is 1. The van der Waals surface area contributed by atoms with Crippen molar-refractivity contribution in [2.24, 2.45) is 10.8 Å². The number of aromatic hydroxyl groups is 1. The number of Topliss-reactive ketones (excluding diaryl/α,β-unsaturated/α-hetero) is 1. The molecule has 10 heteroatoms. The zero-order valence-corrected chi connectivity index (χ0v) is 29.9. The van der Waals surface area contributed by atoms with Crippen molar-refractivity contribution < 1.29 is 39.9 Å². The summed E-state index contributed by atoms with van der Waals surface area (Å²) in [5.74, 6) is -0.192. The molecule has 0 aromatic heterocycles. The van der Waals surface area contributed by atoms with Crippen LogP contribution in [0.4, 0.5) is 0 Å². The lowest BCUT2D eigenvalue weighted by molar-refractivity contribution is -0.232. The predicted octanol–water partition coefficient (Wildman–Crippen LogP) is 3.63. The molecule has 0 radical (unpaired) electrons. The Bertz CT molecular complexity index is 1460. The highest BCUT2D eigenvalue weighted by molar-refractivity contribution is 5.93. The van der Waals surface area contributed by atoms with Gasteiger partial charge in [0.15, 0.2) is 0 Å². The molecular weight excluding hydrogens is 612 g/mol. The van der Waals surface area contributed by atoms with Gasteiger partial charge in [0.1, 0.15) is 42.1 Å². The number of ketones is 1. The highest BCUT2D eigenvalue weighted by Crippen LogP contribution is 2.40. The summed E-state index contributed by atoms with van der Waals surface area (Å²) in [7, 11) is 3.88. The molecule has 1 fully saturated rings. The van der Waals surface area contributed by atoms with Crippen LogP contribution >= 0.6 is 0 Å². The summed E-state index contributed by atoms with van der Waals surface area (Å²) in [6.45, 7) is 14.0. The first kappa shape index (κ1) is 39.3. The molecule has 1 saturated heterocycles. The molecule has 1 heterocycles. The lowest BCUT2D eigenvalue weighted by Crippen LogP contribution is -2.55. The topological polar surface area (TPSA) is 160 Å². The molecule has 0 aliphatic carbocycles. The van der Waals surface area contributed by atoms with Gasteiger partial charge in [-0.05, 0) is 87.2 Å². The van der Waals surface area contributed by atoms with Crippen LogP contribution in [0.1, 0.15) is 93.4 Å². The number of hydrogen-bond acceptors (Lipinski definition) is 9. The number of nitrogens with zero attached hydrogens (tertiary/aromatic N) is 1. The Morgan fingerprint density at radius 2 is 1.67 bits per heavy atom. The van der Waals surface area contributed by atoms with Gasteiger partial charge in [-0.1, -0.05) is 58.0 Å². The van der Waals surface area contributed by atoms with Gasteiger partial charge in [0.25, 0.3) is 0 Å². The number of nitrogens with one attached hydrogen (secondary N) is 1. The van der Waals surface area contributed by atoms with Gasteiger partial charge in [0.05, 0.1) is 12.0 Å². The standard InChI is InChI=1S/C38H56N2O8/c1-22(2)27-19-29(42)28(35-34(46)33(45)32(44)30(21-41)48-35)18-26(27)17-25-11-10-24(16-23(25)3)12-13-37(4,5)31(43)20-38(6,7)36(47)39-14-15-40(8)9/h10-13,16,18-19,22,30,32-35,41-42,44-46H,14-15,17,20-21H2,1-9H3,(H,39,47)/b13-12+/t30-,32+,33+,34+,35+/m1/s1. The van der Waals surface area contributed by atoms with Crippen LogP contribution in [-0.2, 0) is 20.7 Å². The van der Waals surface area contributed by atoms with Crippen LogP contribution in [0.2, 0.25) is 0 Å². The van der Waals surface area contributed by atoms with E-state index < -0.39 is 48.0 Å². The molecule has 1 amide bonds. The van der Waals surface area contributed by atoms with Crippen molar-refractivity contribution in [3.8, 4) is 5.75 Å². The fourth-order valence-corrected chi connectivity index (χ4v) is 5.91. The minimum absolute atomic E-state index is 0.0244. The third-order valence-corrected chi connectivity index (χ3v) is 9.33. The van der Waals surface area contributed by atoms with Gasteiger partial charge < -0.3 is 40.5 Å². The van der Waals surface area contributed by atoms with Gasteiger partial charge in [0.2, 0.25) is 5.91 Å². The molecule has 0 bridgehead atoms. The number of phenols is 1. The van der Waals surface area contributed by atoms with E-state index in [1.165, 1.54) is 0 Å². The van der Waals surface area contributed by atoms with Gasteiger partial charge in [-0.2, -0.15) is 0 Å². The molecule has 48 heavy (non-hydrogen) atoms. The van der Waals surface area contributed by atoms with E-state index in [0.717, 1.165) is 34.4 Å². The van der Waals surface area contributed by atoms with Crippen molar-refractivity contribution in [2.75, 3.05) is 33.8 Å². The SMILES string of the molecule is Cc1cc(/C=C/C(C)(C)C(=O)CC(C)(C)C(=O)NCCN(C)C)ccc1Cc1cc([C@@H]2O[C@H](CO)[C@H](O)[C@H](O)[C@@H]2O)c(O)cc1C(C)C. The number of carbonyl (C=O) groups is 2. The van der Waals surface area contributed by atoms with Crippen molar-refractivity contribution in [1.29, 1.82) is 0 Å². The first-order valence-electron chi connectivity index (χ1n) is 16.7. The Balaban J connectivity index is 1.80. The summed E-state index contributed by atoms with van der Waals surface area (Å²) in [6.07, 6.45) is -2.35. The third-order valence-electron chi connectivity index (χ3n) is 9.33. The number of likely N-dealkylation sites (N-methyl/N-ethyl adjacent to an activating group) is 1. The van der Waals surface area contributed by atoms with Crippen LogP contribution in [0.15, 0.2) is 36.4 Å². The Labute approximate surface area is 285 Å². The van der Waals surface area contributed by atoms with Crippen LogP contribution in [-0.4, -0.2) is 100 Å². The Morgan fingerprint density at radius 1 is 1.00 bits per heavy atom. The van der Waals surface area contributed by atoms with Crippen LogP contribution in [0.5, 0.6) is 5.75 Å². The normalized spacial score (nSPS) is 22.1. The second-order valence-corrected chi connectivity index (χ2v) is 15.0. The van der Waals surface area contributed by atoms with Crippen molar-refractivity contribution in [2.45, 2.75) is 97.7 Å². The zero-order chi connectivity index (χ0) is 36.1. The van der Waals surface area contributed by atoms with Crippen molar-refractivity contribution in [3.05, 3.63) is 69.8 Å². The molecule has 0 unspecified atom stereocenters. The number of aryl methyl sites for hydroxylation is 1. The number of aliphatic hydroxyl groups excluding tert-OH is 4. The second-order valence-electron chi connectivity index (χ2n) is 15.0. The van der Waals surface area contributed by atoms with Crippen LogP contribution in [0.25, 0.3) is 6.08 Å². The molecule has 0 saturated carbocycles. The molecule has 1 aliphatic heterocycles. The van der Waals surface area contributed by atoms with Crippen molar-refractivity contribution in [1.82, 2.24) is 10.2 Å². The van der Waals surface area contributed by atoms with E-state index in [0.29, 0.717) is 13.0 Å². The Kier molecular flexibility index (Phi) is 13.2. The largest absolute Gasteiger partial charge is 0.508 e. The first-order chi connectivity index (χ1) is 22.3. The minimum Gasteiger partial charge on any atom is -0.508 e. The lowest BCUT2D eigenvalue weighted by Gasteiger charge is -2.40. The molecule has 1 aliphatic rings. The fraction of sp³-hybridized carbons (Fsp3) is 0.579. The minimum atomic E-state index is -1.55. The van der Waals surface area contributed by atoms with E-state index in [-0.39, 0.29) is 35.3 Å². The molecular formula is C38H56N2O8. The number of hydrogen-bond donors (Lipinski definition) is 6. The summed E-state index contributed by atoms with van der Waals surface area (Å²) in [4.78, 5) is 28.1. The Morgan fingerprint density at radius 3 is 2.25 bits per heavy atom. The summed E-state index contributed by atoms with van der Waals surface area (Å²) >= 11 is 0. The number of carbonyl (C=O) groups excluding carboxylic acids is 2. The molecule has 5 atom stereocenters. The number of phenolic OH excluding ortho intramolecular Hbond substituents is 1. The number of rotatable bonds is 14. The smallest absolute Gasteiger partial charge is 0.226 e. The lowest BCUT2D eigenvalue weighted by atomic mass is 9.77. The maximum atomic E-state index is 13.3. The highest BCUT2D eigenvalue weighted by Gasteiger charge is 2.45. The van der Waals surface area contributed by atoms with E-state index in [1.807, 2.05) is 84.0 Å². The highest BCUT2D eigenvalue weighted by atomic mass is 16.5. The van der Waals surface area contributed by atoms with Crippen molar-refractivity contribution in [3.63, 3.8) is 0 Å². The molecule has 266 valence electrons. The molecule has 2 aromatic rings. The number of amides is 1. The number of benzene rings is 2. The van der Waals surface area contributed by atoms with Crippen LogP contribution in [0.3, 0.4) is 0 Å². The van der Waals surface area contributed by atoms with Gasteiger partial charge >= 0.3 is 0 Å². The van der Waals surface area contributed by atoms with E-state index in [2.05, 4.69) is 5.32 Å². The van der Waals surface area contributed by atoms with Gasteiger partial charge in [0, 0.05) is 30.5 Å². The molecule has 3 rings (SSSR count). The fourth-order valence-electron chi connectivity index (χ4n) is 5.91. The van der Waals surface area contributed by atoms with E-state index in [1.54, 1.807) is 26.0 Å². The summed E-state index contributed by atoms with van der Waals surface area (Å²) < 4.78 is 5.75. The molecule has 10 nitrogen and oxygen atoms in total. The molecule has 6 N–H and O–H groups in total.